The number of aromatic amines is 1. The van der Waals surface area contributed by atoms with Gasteiger partial charge in [-0.25, -0.2) is 4.98 Å². The number of aromatic nitrogens is 2. The van der Waals surface area contributed by atoms with E-state index >= 15 is 0 Å². The molecule has 1 rings (SSSR count). The normalized spacial score (nSPS) is 9.92. The van der Waals surface area contributed by atoms with Crippen LogP contribution in [0.3, 0.4) is 0 Å². The molecule has 1 heterocycles. The fourth-order valence-electron chi connectivity index (χ4n) is 0.641. The van der Waals surface area contributed by atoms with Gasteiger partial charge in [0, 0.05) is 23.8 Å². The van der Waals surface area contributed by atoms with Gasteiger partial charge < -0.3 is 4.98 Å². The topological polar surface area (TPSA) is 45.8 Å². The minimum Gasteiger partial charge on any atom is -0.301 e. The molecule has 5 heteroatoms. The Bertz CT molecular complexity index is 348. The van der Waals surface area contributed by atoms with Gasteiger partial charge in [0.1, 0.15) is 0 Å². The molecule has 0 aromatic carbocycles. The summed E-state index contributed by atoms with van der Waals surface area (Å²) in [5.41, 5.74) is 0.883. The van der Waals surface area contributed by atoms with Gasteiger partial charge in [-0.2, -0.15) is 12.6 Å². The Morgan fingerprint density at radius 2 is 2.54 bits per heavy atom. The van der Waals surface area contributed by atoms with E-state index in [1.54, 1.807) is 0 Å². The van der Waals surface area contributed by atoms with Crippen LogP contribution >= 0.6 is 24.4 Å². The molecule has 0 fully saturated rings. The lowest BCUT2D eigenvalue weighted by molar-refractivity contribution is 0.938. The van der Waals surface area contributed by atoms with Crippen LogP contribution in [0.2, 0.25) is 0 Å². The number of rotatable bonds is 4. The summed E-state index contributed by atoms with van der Waals surface area (Å²) in [6.07, 6.45) is 1.49. The average Bonchev–Trinajstić information content (AvgIpc) is 2.14. The largest absolute Gasteiger partial charge is 0.301 e. The van der Waals surface area contributed by atoms with Gasteiger partial charge in [0.2, 0.25) is 0 Å². The number of nitrogens with one attached hydrogen (secondary N) is 1. The zero-order valence-electron chi connectivity index (χ0n) is 6.99. The van der Waals surface area contributed by atoms with Crippen LogP contribution in [0.15, 0.2) is 34.4 Å². The molecule has 0 aliphatic carbocycles. The molecule has 13 heavy (non-hydrogen) atoms. The summed E-state index contributed by atoms with van der Waals surface area (Å²) in [5.74, 6) is 1.39. The quantitative estimate of drug-likeness (QED) is 0.344. The van der Waals surface area contributed by atoms with Gasteiger partial charge in [0.05, 0.1) is 0 Å². The highest BCUT2D eigenvalue weighted by Gasteiger charge is 1.97. The number of thioether (sulfide) groups is 1. The van der Waals surface area contributed by atoms with E-state index in [0.29, 0.717) is 10.9 Å². The molecule has 70 valence electrons. The number of thiol groups is 1. The molecular weight excluding hydrogens is 204 g/mol. The lowest BCUT2D eigenvalue weighted by Crippen LogP contribution is -2.05. The Labute approximate surface area is 86.1 Å². The van der Waals surface area contributed by atoms with E-state index in [0.717, 1.165) is 11.3 Å². The molecule has 0 saturated carbocycles. The third kappa shape index (κ3) is 3.69. The molecule has 0 radical (unpaired) electrons. The van der Waals surface area contributed by atoms with E-state index in [4.69, 9.17) is 0 Å². The smallest absolute Gasteiger partial charge is 0.251 e. The maximum absolute atomic E-state index is 10.9. The zero-order chi connectivity index (χ0) is 9.68. The zero-order valence-corrected chi connectivity index (χ0v) is 8.70. The van der Waals surface area contributed by atoms with E-state index in [-0.39, 0.29) is 5.56 Å². The van der Waals surface area contributed by atoms with E-state index in [1.807, 2.05) is 0 Å². The van der Waals surface area contributed by atoms with Gasteiger partial charge in [-0.1, -0.05) is 23.9 Å². The summed E-state index contributed by atoms with van der Waals surface area (Å²) >= 11 is 5.53. The summed E-state index contributed by atoms with van der Waals surface area (Å²) in [6.45, 7) is 3.79. The second-order valence-corrected chi connectivity index (χ2v) is 3.72. The minimum absolute atomic E-state index is 0.131. The van der Waals surface area contributed by atoms with E-state index in [2.05, 4.69) is 29.2 Å². The molecular formula is C8H10N2OS2. The highest BCUT2D eigenvalue weighted by Crippen LogP contribution is 2.13. The maximum atomic E-state index is 10.9. The monoisotopic (exact) mass is 214 g/mol. The van der Waals surface area contributed by atoms with E-state index < -0.39 is 0 Å². The summed E-state index contributed by atoms with van der Waals surface area (Å²) in [6, 6.07) is 1.39. The molecule has 0 saturated heterocycles. The van der Waals surface area contributed by atoms with Crippen LogP contribution in [0.25, 0.3) is 0 Å². The van der Waals surface area contributed by atoms with Crippen LogP contribution in [0.4, 0.5) is 0 Å². The Morgan fingerprint density at radius 3 is 3.15 bits per heavy atom. The van der Waals surface area contributed by atoms with Crippen molar-refractivity contribution in [3.8, 4) is 0 Å². The highest BCUT2D eigenvalue weighted by atomic mass is 32.2. The summed E-state index contributed by atoms with van der Waals surface area (Å²) < 4.78 is 0. The first-order chi connectivity index (χ1) is 6.22. The van der Waals surface area contributed by atoms with Crippen LogP contribution in [-0.4, -0.2) is 21.5 Å². The third-order valence-electron chi connectivity index (χ3n) is 1.28. The van der Waals surface area contributed by atoms with Crippen molar-refractivity contribution < 1.29 is 0 Å². The van der Waals surface area contributed by atoms with Crippen molar-refractivity contribution in [2.75, 3.05) is 11.5 Å². The SMILES string of the molecule is C=C(CS)CSc1nccc(=O)[nH]1. The first kappa shape index (κ1) is 10.4. The van der Waals surface area contributed by atoms with Crippen molar-refractivity contribution in [3.05, 3.63) is 34.8 Å². The third-order valence-corrected chi connectivity index (χ3v) is 2.77. The van der Waals surface area contributed by atoms with Crippen LogP contribution in [0.1, 0.15) is 0 Å². The number of H-pyrrole nitrogens is 1. The van der Waals surface area contributed by atoms with Gasteiger partial charge in [0.25, 0.3) is 5.56 Å². The lowest BCUT2D eigenvalue weighted by atomic mass is 10.4. The van der Waals surface area contributed by atoms with Crippen molar-refractivity contribution in [2.45, 2.75) is 5.16 Å². The van der Waals surface area contributed by atoms with E-state index in [1.165, 1.54) is 24.0 Å². The Kier molecular flexibility index (Phi) is 4.11. The molecule has 0 aliphatic rings. The van der Waals surface area contributed by atoms with Crippen LogP contribution in [-0.2, 0) is 0 Å². The fourth-order valence-corrected chi connectivity index (χ4v) is 1.66. The van der Waals surface area contributed by atoms with Gasteiger partial charge in [-0.05, 0) is 0 Å². The van der Waals surface area contributed by atoms with Crippen molar-refractivity contribution in [2.24, 2.45) is 0 Å². The lowest BCUT2D eigenvalue weighted by Gasteiger charge is -2.00. The Morgan fingerprint density at radius 1 is 1.77 bits per heavy atom. The maximum Gasteiger partial charge on any atom is 0.251 e. The fraction of sp³-hybridized carbons (Fsp3) is 0.250. The predicted molar refractivity (Wildman–Crippen MR) is 58.6 cm³/mol. The predicted octanol–water partition coefficient (Wildman–Crippen LogP) is 1.35. The highest BCUT2D eigenvalue weighted by molar-refractivity contribution is 7.99. The van der Waals surface area contributed by atoms with Crippen LogP contribution in [0.5, 0.6) is 0 Å². The molecule has 0 aliphatic heterocycles. The molecule has 1 N–H and O–H groups in total. The van der Waals surface area contributed by atoms with Crippen molar-refractivity contribution >= 4 is 24.4 Å². The number of nitrogens with zero attached hydrogens (tertiary/aromatic N) is 1. The van der Waals surface area contributed by atoms with Gasteiger partial charge >= 0.3 is 0 Å². The first-order valence-corrected chi connectivity index (χ1v) is 5.30. The van der Waals surface area contributed by atoms with Crippen molar-refractivity contribution in [1.29, 1.82) is 0 Å². The molecule has 1 aromatic heterocycles. The first-order valence-electron chi connectivity index (χ1n) is 3.68. The number of hydrogen-bond donors (Lipinski definition) is 2. The molecule has 0 atom stereocenters. The van der Waals surface area contributed by atoms with Crippen molar-refractivity contribution in [1.82, 2.24) is 9.97 Å². The summed E-state index contributed by atoms with van der Waals surface area (Å²) in [5, 5.41) is 0.621. The molecule has 0 amide bonds. The molecule has 1 aromatic rings. The second-order valence-electron chi connectivity index (χ2n) is 2.44. The standard InChI is InChI=1S/C8H10N2OS2/c1-6(4-12)5-13-8-9-3-2-7(11)10-8/h2-3,12H,1,4-5H2,(H,9,10,11). The van der Waals surface area contributed by atoms with Crippen LogP contribution in [0, 0.1) is 0 Å². The van der Waals surface area contributed by atoms with Crippen LogP contribution < -0.4 is 5.56 Å². The molecule has 3 nitrogen and oxygen atoms in total. The van der Waals surface area contributed by atoms with E-state index in [9.17, 15) is 4.79 Å². The van der Waals surface area contributed by atoms with Gasteiger partial charge in [-0.3, -0.25) is 4.79 Å². The Balaban J connectivity index is 2.55. The molecule has 0 unspecified atom stereocenters. The summed E-state index contributed by atoms with van der Waals surface area (Å²) in [7, 11) is 0. The van der Waals surface area contributed by atoms with Crippen molar-refractivity contribution in [3.63, 3.8) is 0 Å². The number of hydrogen-bond acceptors (Lipinski definition) is 4. The van der Waals surface area contributed by atoms with Gasteiger partial charge in [-0.15, -0.1) is 0 Å². The minimum atomic E-state index is -0.131. The average molecular weight is 214 g/mol. The molecule has 0 bridgehead atoms. The second kappa shape index (κ2) is 5.14. The molecule has 0 spiro atoms. The summed E-state index contributed by atoms with van der Waals surface area (Å²) in [4.78, 5) is 17.5. The Hall–Kier alpha value is -0.680. The van der Waals surface area contributed by atoms with Gasteiger partial charge in [0.15, 0.2) is 5.16 Å².